The smallest absolute Gasteiger partial charge is 0.166 e. The van der Waals surface area contributed by atoms with Gasteiger partial charge in [-0.2, -0.15) is 0 Å². The fraction of sp³-hybridized carbons (Fsp3) is 0.250. The monoisotopic (exact) mass is 218 g/mol. The van der Waals surface area contributed by atoms with Crippen LogP contribution in [0.1, 0.15) is 11.1 Å². The Balaban J connectivity index is 3.46. The van der Waals surface area contributed by atoms with Crippen molar-refractivity contribution in [1.29, 1.82) is 0 Å². The largest absolute Gasteiger partial charge is 0.504 e. The lowest BCUT2D eigenvalue weighted by atomic mass is 10.1. The number of halogens is 2. The Kier molecular flexibility index (Phi) is 2.18. The van der Waals surface area contributed by atoms with Crippen molar-refractivity contribution in [2.75, 3.05) is 0 Å². The average molecular weight is 219 g/mol. The zero-order chi connectivity index (χ0) is 8.59. The fourth-order valence-corrected chi connectivity index (χ4v) is 1.32. The Hall–Kier alpha value is -0.570. The minimum atomic E-state index is -0.583. The van der Waals surface area contributed by atoms with Crippen LogP contribution in [-0.2, 0) is 0 Å². The molecule has 0 aliphatic heterocycles. The van der Waals surface area contributed by atoms with Crippen molar-refractivity contribution in [1.82, 2.24) is 0 Å². The molecule has 1 aromatic rings. The van der Waals surface area contributed by atoms with Gasteiger partial charge in [-0.05, 0) is 47.0 Å². The van der Waals surface area contributed by atoms with Crippen molar-refractivity contribution in [3.63, 3.8) is 0 Å². The number of phenolic OH excluding ortho intramolecular Hbond substituents is 1. The summed E-state index contributed by atoms with van der Waals surface area (Å²) in [5.41, 5.74) is 1.69. The molecule has 60 valence electrons. The van der Waals surface area contributed by atoms with E-state index >= 15 is 0 Å². The van der Waals surface area contributed by atoms with Crippen molar-refractivity contribution < 1.29 is 9.50 Å². The SMILES string of the molecule is Cc1cc(F)c(O)c(Br)c1C. The summed E-state index contributed by atoms with van der Waals surface area (Å²) in [5, 5.41) is 9.09. The van der Waals surface area contributed by atoms with E-state index in [1.54, 1.807) is 6.92 Å². The normalized spacial score (nSPS) is 10.2. The molecule has 0 saturated carbocycles. The summed E-state index contributed by atoms with van der Waals surface area (Å²) in [6.07, 6.45) is 0. The van der Waals surface area contributed by atoms with Gasteiger partial charge in [0.15, 0.2) is 11.6 Å². The van der Waals surface area contributed by atoms with E-state index in [0.717, 1.165) is 11.1 Å². The van der Waals surface area contributed by atoms with Crippen LogP contribution in [-0.4, -0.2) is 5.11 Å². The lowest BCUT2D eigenvalue weighted by Crippen LogP contribution is -1.87. The highest BCUT2D eigenvalue weighted by atomic mass is 79.9. The molecule has 0 aliphatic carbocycles. The molecule has 11 heavy (non-hydrogen) atoms. The number of phenols is 1. The standard InChI is InChI=1S/C8H8BrFO/c1-4-3-6(10)8(11)7(9)5(4)2/h3,11H,1-2H3. The summed E-state index contributed by atoms with van der Waals surface area (Å²) >= 11 is 3.09. The van der Waals surface area contributed by atoms with Gasteiger partial charge in [0.2, 0.25) is 0 Å². The number of benzene rings is 1. The molecular formula is C8H8BrFO. The Labute approximate surface area is 73.0 Å². The van der Waals surface area contributed by atoms with Gasteiger partial charge >= 0.3 is 0 Å². The van der Waals surface area contributed by atoms with E-state index < -0.39 is 5.82 Å². The second kappa shape index (κ2) is 2.81. The van der Waals surface area contributed by atoms with Crippen LogP contribution in [0.25, 0.3) is 0 Å². The summed E-state index contributed by atoms with van der Waals surface area (Å²) in [5.74, 6) is -0.895. The summed E-state index contributed by atoms with van der Waals surface area (Å²) in [4.78, 5) is 0. The van der Waals surface area contributed by atoms with E-state index in [1.807, 2.05) is 6.92 Å². The predicted octanol–water partition coefficient (Wildman–Crippen LogP) is 2.91. The third-order valence-corrected chi connectivity index (χ3v) is 2.67. The fourth-order valence-electron chi connectivity index (χ4n) is 0.822. The molecule has 0 heterocycles. The second-order valence-corrected chi connectivity index (χ2v) is 3.26. The Morgan fingerprint density at radius 2 is 2.00 bits per heavy atom. The zero-order valence-corrected chi connectivity index (χ0v) is 7.87. The van der Waals surface area contributed by atoms with Crippen molar-refractivity contribution in [2.45, 2.75) is 13.8 Å². The molecule has 1 rings (SSSR count). The van der Waals surface area contributed by atoms with Crippen LogP contribution < -0.4 is 0 Å². The van der Waals surface area contributed by atoms with Gasteiger partial charge in [-0.15, -0.1) is 0 Å². The number of rotatable bonds is 0. The molecule has 0 atom stereocenters. The van der Waals surface area contributed by atoms with E-state index in [1.165, 1.54) is 6.07 Å². The van der Waals surface area contributed by atoms with Gasteiger partial charge in [0, 0.05) is 0 Å². The Morgan fingerprint density at radius 1 is 1.45 bits per heavy atom. The van der Waals surface area contributed by atoms with Crippen LogP contribution in [0.3, 0.4) is 0 Å². The molecule has 0 aliphatic rings. The number of aromatic hydroxyl groups is 1. The lowest BCUT2D eigenvalue weighted by molar-refractivity contribution is 0.428. The van der Waals surface area contributed by atoms with Gasteiger partial charge in [-0.1, -0.05) is 0 Å². The zero-order valence-electron chi connectivity index (χ0n) is 6.28. The second-order valence-electron chi connectivity index (χ2n) is 2.46. The quantitative estimate of drug-likeness (QED) is 0.711. The average Bonchev–Trinajstić information content (AvgIpc) is 1.97. The molecule has 1 aromatic carbocycles. The maximum absolute atomic E-state index is 12.7. The molecule has 0 fully saturated rings. The van der Waals surface area contributed by atoms with Gasteiger partial charge in [0.1, 0.15) is 0 Å². The maximum atomic E-state index is 12.7. The van der Waals surface area contributed by atoms with E-state index in [-0.39, 0.29) is 5.75 Å². The topological polar surface area (TPSA) is 20.2 Å². The first kappa shape index (κ1) is 8.53. The molecule has 0 unspecified atom stereocenters. The van der Waals surface area contributed by atoms with Crippen molar-refractivity contribution in [2.24, 2.45) is 0 Å². The molecule has 3 heteroatoms. The summed E-state index contributed by atoms with van der Waals surface area (Å²) in [6.45, 7) is 3.61. The Morgan fingerprint density at radius 3 is 2.55 bits per heavy atom. The van der Waals surface area contributed by atoms with Gasteiger partial charge in [0.05, 0.1) is 4.47 Å². The molecule has 0 aromatic heterocycles. The highest BCUT2D eigenvalue weighted by molar-refractivity contribution is 9.10. The lowest BCUT2D eigenvalue weighted by Gasteiger charge is -2.05. The molecule has 1 nitrogen and oxygen atoms in total. The number of hydrogen-bond acceptors (Lipinski definition) is 1. The first-order valence-electron chi connectivity index (χ1n) is 3.18. The van der Waals surface area contributed by atoms with E-state index in [4.69, 9.17) is 5.11 Å². The van der Waals surface area contributed by atoms with Crippen LogP contribution in [0.15, 0.2) is 10.5 Å². The molecule has 0 amide bonds. The van der Waals surface area contributed by atoms with Crippen LogP contribution in [0.4, 0.5) is 4.39 Å². The van der Waals surface area contributed by atoms with E-state index in [2.05, 4.69) is 15.9 Å². The minimum absolute atomic E-state index is 0.312. The summed E-state index contributed by atoms with van der Waals surface area (Å²) < 4.78 is 13.2. The molecule has 0 spiro atoms. The summed E-state index contributed by atoms with van der Waals surface area (Å²) in [6, 6.07) is 1.31. The first-order valence-corrected chi connectivity index (χ1v) is 3.97. The highest BCUT2D eigenvalue weighted by Crippen LogP contribution is 2.31. The Bertz CT molecular complexity index is 270. The van der Waals surface area contributed by atoms with Crippen LogP contribution >= 0.6 is 15.9 Å². The molecule has 0 saturated heterocycles. The first-order chi connectivity index (χ1) is 5.04. The highest BCUT2D eigenvalue weighted by Gasteiger charge is 2.09. The van der Waals surface area contributed by atoms with Gasteiger partial charge < -0.3 is 5.11 Å². The molecular weight excluding hydrogens is 211 g/mol. The van der Waals surface area contributed by atoms with Gasteiger partial charge in [0.25, 0.3) is 0 Å². The molecule has 0 bridgehead atoms. The summed E-state index contributed by atoms with van der Waals surface area (Å²) in [7, 11) is 0. The molecule has 0 radical (unpaired) electrons. The van der Waals surface area contributed by atoms with E-state index in [9.17, 15) is 4.39 Å². The third-order valence-electron chi connectivity index (χ3n) is 1.70. The van der Waals surface area contributed by atoms with Crippen LogP contribution in [0, 0.1) is 19.7 Å². The number of hydrogen-bond donors (Lipinski definition) is 1. The van der Waals surface area contributed by atoms with Crippen molar-refractivity contribution in [3.8, 4) is 5.75 Å². The predicted molar refractivity (Wildman–Crippen MR) is 45.2 cm³/mol. The third kappa shape index (κ3) is 1.38. The molecule has 1 N–H and O–H groups in total. The van der Waals surface area contributed by atoms with Gasteiger partial charge in [-0.3, -0.25) is 0 Å². The van der Waals surface area contributed by atoms with Gasteiger partial charge in [-0.25, -0.2) is 4.39 Å². The van der Waals surface area contributed by atoms with Crippen LogP contribution in [0.5, 0.6) is 5.75 Å². The maximum Gasteiger partial charge on any atom is 0.166 e. The van der Waals surface area contributed by atoms with Crippen LogP contribution in [0.2, 0.25) is 0 Å². The van der Waals surface area contributed by atoms with Crippen molar-refractivity contribution >= 4 is 15.9 Å². The number of aryl methyl sites for hydroxylation is 1. The van der Waals surface area contributed by atoms with Crippen molar-refractivity contribution in [3.05, 3.63) is 27.5 Å². The minimum Gasteiger partial charge on any atom is -0.504 e. The van der Waals surface area contributed by atoms with E-state index in [0.29, 0.717) is 4.47 Å².